The van der Waals surface area contributed by atoms with E-state index < -0.39 is 11.8 Å². The van der Waals surface area contributed by atoms with Gasteiger partial charge in [0, 0.05) is 17.5 Å². The summed E-state index contributed by atoms with van der Waals surface area (Å²) in [5.74, 6) is 0.0520. The second-order valence-corrected chi connectivity index (χ2v) is 7.17. The van der Waals surface area contributed by atoms with Crippen LogP contribution in [0, 0.1) is 0 Å². The highest BCUT2D eigenvalue weighted by Crippen LogP contribution is 2.38. The summed E-state index contributed by atoms with van der Waals surface area (Å²) in [4.78, 5) is 28.7. The number of hydrogen-bond acceptors (Lipinski definition) is 7. The van der Waals surface area contributed by atoms with Gasteiger partial charge in [-0.05, 0) is 42.6 Å². The molecule has 1 aromatic carbocycles. The number of thiocarbonyl (C=S) groups is 1. The van der Waals surface area contributed by atoms with Crippen molar-refractivity contribution in [2.75, 3.05) is 21.3 Å². The van der Waals surface area contributed by atoms with Gasteiger partial charge in [0.05, 0.1) is 26.2 Å². The standard InChI is InChI=1S/C18H17N3O5S2/c1-24-12-7-10(8-13(25-2)15(12)26-3)16(22)20-21-17(23)14(28-18(21)27)9-11-5-4-6-19-11/h4-9,19H,1-3H3,(H,20,22)/b14-9+. The van der Waals surface area contributed by atoms with Gasteiger partial charge in [0.15, 0.2) is 15.8 Å². The van der Waals surface area contributed by atoms with Crippen LogP contribution < -0.4 is 19.6 Å². The molecule has 2 aromatic rings. The first kappa shape index (κ1) is 19.8. The molecule has 8 nitrogen and oxygen atoms in total. The summed E-state index contributed by atoms with van der Waals surface area (Å²) < 4.78 is 16.0. The van der Waals surface area contributed by atoms with Crippen LogP contribution in [0.25, 0.3) is 6.08 Å². The van der Waals surface area contributed by atoms with E-state index in [0.29, 0.717) is 22.2 Å². The molecule has 0 bridgehead atoms. The lowest BCUT2D eigenvalue weighted by atomic mass is 10.1. The zero-order valence-electron chi connectivity index (χ0n) is 15.3. The number of rotatable bonds is 6. The Balaban J connectivity index is 1.83. The molecule has 3 rings (SSSR count). The maximum atomic E-state index is 12.7. The average molecular weight is 419 g/mol. The molecule has 0 radical (unpaired) electrons. The predicted octanol–water partition coefficient (Wildman–Crippen LogP) is 2.59. The third-order valence-corrected chi connectivity index (χ3v) is 5.14. The zero-order chi connectivity index (χ0) is 20.3. The first-order valence-corrected chi connectivity index (χ1v) is 9.23. The van der Waals surface area contributed by atoms with Gasteiger partial charge in [0.2, 0.25) is 5.75 Å². The van der Waals surface area contributed by atoms with Crippen LogP contribution >= 0.6 is 24.0 Å². The van der Waals surface area contributed by atoms with E-state index in [4.69, 9.17) is 26.4 Å². The van der Waals surface area contributed by atoms with Gasteiger partial charge in [-0.3, -0.25) is 15.0 Å². The summed E-state index contributed by atoms with van der Waals surface area (Å²) in [5.41, 5.74) is 3.50. The number of aromatic amines is 1. The number of carbonyl (C=O) groups is 2. The van der Waals surface area contributed by atoms with Crippen molar-refractivity contribution < 1.29 is 23.8 Å². The number of amides is 2. The maximum Gasteiger partial charge on any atom is 0.285 e. The summed E-state index contributed by atoms with van der Waals surface area (Å²) in [7, 11) is 4.37. The Morgan fingerprint density at radius 2 is 1.89 bits per heavy atom. The molecule has 1 aliphatic heterocycles. The van der Waals surface area contributed by atoms with Crippen LogP contribution in [-0.4, -0.2) is 47.5 Å². The highest BCUT2D eigenvalue weighted by Gasteiger charge is 2.34. The van der Waals surface area contributed by atoms with E-state index in [1.165, 1.54) is 33.5 Å². The highest BCUT2D eigenvalue weighted by atomic mass is 32.2. The lowest BCUT2D eigenvalue weighted by Crippen LogP contribution is -2.44. The van der Waals surface area contributed by atoms with E-state index >= 15 is 0 Å². The van der Waals surface area contributed by atoms with Gasteiger partial charge in [-0.1, -0.05) is 11.8 Å². The molecule has 10 heteroatoms. The van der Waals surface area contributed by atoms with Crippen LogP contribution in [0.1, 0.15) is 16.1 Å². The van der Waals surface area contributed by atoms with Gasteiger partial charge in [-0.25, -0.2) is 0 Å². The monoisotopic (exact) mass is 419 g/mol. The van der Waals surface area contributed by atoms with Crippen molar-refractivity contribution in [1.29, 1.82) is 0 Å². The van der Waals surface area contributed by atoms with Crippen molar-refractivity contribution in [3.05, 3.63) is 46.6 Å². The van der Waals surface area contributed by atoms with Crippen LogP contribution in [0.5, 0.6) is 17.2 Å². The molecule has 1 fully saturated rings. The molecule has 146 valence electrons. The molecule has 0 unspecified atom stereocenters. The number of ether oxygens (including phenoxy) is 3. The fraction of sp³-hybridized carbons (Fsp3) is 0.167. The van der Waals surface area contributed by atoms with Gasteiger partial charge in [-0.15, -0.1) is 0 Å². The third-order valence-electron chi connectivity index (χ3n) is 3.84. The second kappa shape index (κ2) is 8.36. The topological polar surface area (TPSA) is 92.9 Å². The molecule has 1 aliphatic rings. The third kappa shape index (κ3) is 3.82. The van der Waals surface area contributed by atoms with Crippen molar-refractivity contribution >= 4 is 46.2 Å². The van der Waals surface area contributed by atoms with E-state index in [0.717, 1.165) is 22.5 Å². The first-order chi connectivity index (χ1) is 13.5. The van der Waals surface area contributed by atoms with Crippen LogP contribution in [0.15, 0.2) is 35.4 Å². The molecule has 0 aliphatic carbocycles. The Hall–Kier alpha value is -2.98. The van der Waals surface area contributed by atoms with Gasteiger partial charge >= 0.3 is 0 Å². The number of nitrogens with one attached hydrogen (secondary N) is 2. The van der Waals surface area contributed by atoms with Crippen LogP contribution in [0.3, 0.4) is 0 Å². The fourth-order valence-corrected chi connectivity index (χ4v) is 3.69. The minimum atomic E-state index is -0.545. The van der Waals surface area contributed by atoms with Crippen molar-refractivity contribution in [1.82, 2.24) is 15.4 Å². The van der Waals surface area contributed by atoms with E-state index in [9.17, 15) is 9.59 Å². The maximum absolute atomic E-state index is 12.7. The number of H-pyrrole nitrogens is 1. The molecular weight excluding hydrogens is 402 g/mol. The lowest BCUT2D eigenvalue weighted by molar-refractivity contribution is -0.123. The van der Waals surface area contributed by atoms with Crippen molar-refractivity contribution in [2.24, 2.45) is 0 Å². The number of hydrazine groups is 1. The number of benzene rings is 1. The fourth-order valence-electron chi connectivity index (χ4n) is 2.52. The Labute approximate surface area is 170 Å². The summed E-state index contributed by atoms with van der Waals surface area (Å²) in [6.45, 7) is 0. The number of aromatic nitrogens is 1. The number of nitrogens with zero attached hydrogens (tertiary/aromatic N) is 1. The van der Waals surface area contributed by atoms with Crippen molar-refractivity contribution in [3.63, 3.8) is 0 Å². The average Bonchev–Trinajstić information content (AvgIpc) is 3.30. The first-order valence-electron chi connectivity index (χ1n) is 8.00. The van der Waals surface area contributed by atoms with Gasteiger partial charge in [0.25, 0.3) is 11.8 Å². The van der Waals surface area contributed by atoms with Crippen molar-refractivity contribution in [3.8, 4) is 17.2 Å². The molecule has 1 aromatic heterocycles. The highest BCUT2D eigenvalue weighted by molar-refractivity contribution is 8.26. The van der Waals surface area contributed by atoms with Gasteiger partial charge in [0.1, 0.15) is 0 Å². The Morgan fingerprint density at radius 1 is 1.21 bits per heavy atom. The minimum Gasteiger partial charge on any atom is -0.493 e. The lowest BCUT2D eigenvalue weighted by Gasteiger charge is -2.17. The van der Waals surface area contributed by atoms with Crippen molar-refractivity contribution in [2.45, 2.75) is 0 Å². The number of carbonyl (C=O) groups excluding carboxylic acids is 2. The number of hydrogen-bond donors (Lipinski definition) is 2. The molecule has 0 atom stereocenters. The van der Waals surface area contributed by atoms with E-state index in [2.05, 4.69) is 10.4 Å². The molecule has 1 saturated heterocycles. The summed E-state index contributed by atoms with van der Waals surface area (Å²) >= 11 is 6.33. The van der Waals surface area contributed by atoms with Crippen LogP contribution in [0.2, 0.25) is 0 Å². The zero-order valence-corrected chi connectivity index (χ0v) is 16.9. The molecule has 0 spiro atoms. The van der Waals surface area contributed by atoms with Gasteiger partial charge < -0.3 is 19.2 Å². The normalized spacial score (nSPS) is 15.1. The molecular formula is C18H17N3O5S2. The van der Waals surface area contributed by atoms with E-state index in [1.54, 1.807) is 12.3 Å². The summed E-state index contributed by atoms with van der Waals surface area (Å²) in [6.07, 6.45) is 3.42. The number of methoxy groups -OCH3 is 3. The quantitative estimate of drug-likeness (QED) is 0.549. The second-order valence-electron chi connectivity index (χ2n) is 5.50. The smallest absolute Gasteiger partial charge is 0.285 e. The van der Waals surface area contributed by atoms with E-state index in [-0.39, 0.29) is 9.88 Å². The SMILES string of the molecule is COc1cc(C(=O)NN2C(=O)/C(=C\c3ccc[nH]3)SC2=S)cc(OC)c1OC. The predicted molar refractivity (Wildman–Crippen MR) is 109 cm³/mol. The van der Waals surface area contributed by atoms with Crippen LogP contribution in [-0.2, 0) is 4.79 Å². The Morgan fingerprint density at radius 3 is 2.43 bits per heavy atom. The molecule has 28 heavy (non-hydrogen) atoms. The largest absolute Gasteiger partial charge is 0.493 e. The Kier molecular flexibility index (Phi) is 5.90. The molecule has 0 saturated carbocycles. The number of thioether (sulfide) groups is 1. The summed E-state index contributed by atoms with van der Waals surface area (Å²) in [6, 6.07) is 6.62. The molecule has 2 N–H and O–H groups in total. The summed E-state index contributed by atoms with van der Waals surface area (Å²) in [5, 5.41) is 1.04. The Bertz CT molecular complexity index is 931. The van der Waals surface area contributed by atoms with Gasteiger partial charge in [-0.2, -0.15) is 5.01 Å². The minimum absolute atomic E-state index is 0.219. The van der Waals surface area contributed by atoms with E-state index in [1.807, 2.05) is 12.1 Å². The molecule has 2 heterocycles. The van der Waals surface area contributed by atoms with Crippen LogP contribution in [0.4, 0.5) is 0 Å². The molecule has 2 amide bonds.